The lowest BCUT2D eigenvalue weighted by atomic mass is 10.2. The number of nitrogens with two attached hydrogens (primary N) is 1. The second-order valence-electron chi connectivity index (χ2n) is 3.83. The monoisotopic (exact) mass is 251 g/mol. The van der Waals surface area contributed by atoms with Gasteiger partial charge in [-0.15, -0.1) is 0 Å². The minimum Gasteiger partial charge on any atom is -0.486 e. The van der Waals surface area contributed by atoms with Crippen molar-refractivity contribution in [3.05, 3.63) is 52.4 Å². The van der Waals surface area contributed by atoms with Crippen LogP contribution >= 0.6 is 11.6 Å². The van der Waals surface area contributed by atoms with Crippen molar-refractivity contribution in [2.75, 3.05) is 0 Å². The molecule has 2 rings (SSSR count). The molecule has 90 valence electrons. The molecule has 3 nitrogen and oxygen atoms in total. The van der Waals surface area contributed by atoms with Crippen LogP contribution in [0.1, 0.15) is 16.9 Å². The Morgan fingerprint density at radius 2 is 2.18 bits per heavy atom. The first-order valence-electron chi connectivity index (χ1n) is 5.34. The summed E-state index contributed by atoms with van der Waals surface area (Å²) in [6, 6.07) is 7.44. The second kappa shape index (κ2) is 5.25. The van der Waals surface area contributed by atoms with Gasteiger partial charge < -0.3 is 14.9 Å². The molecular weight excluding hydrogens is 238 g/mol. The number of furan rings is 1. The Hall–Kier alpha value is -1.45. The van der Waals surface area contributed by atoms with E-state index >= 15 is 0 Å². The van der Waals surface area contributed by atoms with E-state index in [2.05, 4.69) is 0 Å². The Labute approximate surface area is 105 Å². The number of halogens is 1. The summed E-state index contributed by atoms with van der Waals surface area (Å²) in [7, 11) is 0. The van der Waals surface area contributed by atoms with Gasteiger partial charge in [-0.05, 0) is 36.8 Å². The maximum atomic E-state index is 5.93. The minimum atomic E-state index is 0.390. The molecule has 17 heavy (non-hydrogen) atoms. The van der Waals surface area contributed by atoms with Gasteiger partial charge in [-0.25, -0.2) is 0 Å². The van der Waals surface area contributed by atoms with Crippen LogP contribution in [0.25, 0.3) is 0 Å². The third-order valence-corrected chi connectivity index (χ3v) is 2.88. The number of aryl methyl sites for hydroxylation is 1. The largest absolute Gasteiger partial charge is 0.486 e. The van der Waals surface area contributed by atoms with Crippen molar-refractivity contribution < 1.29 is 9.15 Å². The van der Waals surface area contributed by atoms with Gasteiger partial charge in [0.2, 0.25) is 0 Å². The quantitative estimate of drug-likeness (QED) is 0.907. The number of benzene rings is 1. The molecule has 0 aliphatic carbocycles. The molecule has 0 atom stereocenters. The van der Waals surface area contributed by atoms with Crippen LogP contribution < -0.4 is 10.5 Å². The van der Waals surface area contributed by atoms with Gasteiger partial charge in [0.05, 0.1) is 6.26 Å². The summed E-state index contributed by atoms with van der Waals surface area (Å²) in [5.41, 5.74) is 7.45. The zero-order valence-electron chi connectivity index (χ0n) is 9.57. The Balaban J connectivity index is 1.99. The summed E-state index contributed by atoms with van der Waals surface area (Å²) < 4.78 is 10.9. The zero-order valence-corrected chi connectivity index (χ0v) is 10.3. The van der Waals surface area contributed by atoms with E-state index < -0.39 is 0 Å². The maximum Gasteiger partial charge on any atom is 0.146 e. The Morgan fingerprint density at radius 3 is 2.82 bits per heavy atom. The van der Waals surface area contributed by atoms with Gasteiger partial charge in [0.1, 0.15) is 18.1 Å². The molecule has 2 aromatic rings. The number of hydrogen-bond acceptors (Lipinski definition) is 3. The number of ether oxygens (including phenoxy) is 1. The fourth-order valence-electron chi connectivity index (χ4n) is 1.47. The van der Waals surface area contributed by atoms with Crippen molar-refractivity contribution in [1.82, 2.24) is 0 Å². The number of rotatable bonds is 4. The van der Waals surface area contributed by atoms with Crippen molar-refractivity contribution >= 4 is 11.6 Å². The van der Waals surface area contributed by atoms with Crippen molar-refractivity contribution in [3.8, 4) is 5.75 Å². The Morgan fingerprint density at radius 1 is 1.35 bits per heavy atom. The van der Waals surface area contributed by atoms with Crippen LogP contribution in [0.15, 0.2) is 34.9 Å². The molecule has 0 aliphatic rings. The Bertz CT molecular complexity index is 508. The molecule has 0 fully saturated rings. The molecule has 4 heteroatoms. The van der Waals surface area contributed by atoms with Gasteiger partial charge >= 0.3 is 0 Å². The van der Waals surface area contributed by atoms with E-state index in [0.717, 1.165) is 27.7 Å². The highest BCUT2D eigenvalue weighted by molar-refractivity contribution is 6.31. The molecule has 1 heterocycles. The van der Waals surface area contributed by atoms with E-state index in [9.17, 15) is 0 Å². The summed E-state index contributed by atoms with van der Waals surface area (Å²) in [6.07, 6.45) is 1.64. The van der Waals surface area contributed by atoms with Crippen molar-refractivity contribution in [1.29, 1.82) is 0 Å². The molecule has 0 radical (unpaired) electrons. The summed E-state index contributed by atoms with van der Waals surface area (Å²) in [5, 5.41) is 0.737. The van der Waals surface area contributed by atoms with Gasteiger partial charge in [-0.2, -0.15) is 0 Å². The van der Waals surface area contributed by atoms with Crippen LogP contribution in [0.2, 0.25) is 5.02 Å². The molecule has 0 unspecified atom stereocenters. The lowest BCUT2D eigenvalue weighted by Gasteiger charge is -2.05. The molecule has 0 amide bonds. The van der Waals surface area contributed by atoms with Crippen molar-refractivity contribution in [3.63, 3.8) is 0 Å². The third kappa shape index (κ3) is 3.02. The smallest absolute Gasteiger partial charge is 0.146 e. The van der Waals surface area contributed by atoms with Crippen LogP contribution in [-0.4, -0.2) is 0 Å². The predicted octanol–water partition coefficient (Wildman–Crippen LogP) is 3.28. The molecule has 0 aliphatic heterocycles. The predicted molar refractivity (Wildman–Crippen MR) is 67.1 cm³/mol. The van der Waals surface area contributed by atoms with E-state index in [1.54, 1.807) is 6.26 Å². The minimum absolute atomic E-state index is 0.390. The van der Waals surface area contributed by atoms with Gasteiger partial charge in [-0.1, -0.05) is 11.6 Å². The van der Waals surface area contributed by atoms with E-state index in [4.69, 9.17) is 26.5 Å². The highest BCUT2D eigenvalue weighted by Gasteiger charge is 2.03. The third-order valence-electron chi connectivity index (χ3n) is 2.45. The molecule has 0 bridgehead atoms. The van der Waals surface area contributed by atoms with Crippen molar-refractivity contribution in [2.45, 2.75) is 20.1 Å². The fourth-order valence-corrected chi connectivity index (χ4v) is 1.59. The van der Waals surface area contributed by atoms with Gasteiger partial charge in [0.15, 0.2) is 0 Å². The van der Waals surface area contributed by atoms with E-state index in [-0.39, 0.29) is 0 Å². The summed E-state index contributed by atoms with van der Waals surface area (Å²) in [4.78, 5) is 0. The van der Waals surface area contributed by atoms with Gasteiger partial charge in [0, 0.05) is 17.1 Å². The highest BCUT2D eigenvalue weighted by atomic mass is 35.5. The fraction of sp³-hybridized carbons (Fsp3) is 0.231. The first kappa shape index (κ1) is 12.0. The number of hydrogen-bond donors (Lipinski definition) is 1. The lowest BCUT2D eigenvalue weighted by Crippen LogP contribution is -1.95. The molecule has 0 saturated carbocycles. The van der Waals surface area contributed by atoms with E-state index in [0.29, 0.717) is 13.2 Å². The summed E-state index contributed by atoms with van der Waals surface area (Å²) in [6.45, 7) is 2.80. The highest BCUT2D eigenvalue weighted by Crippen LogP contribution is 2.22. The molecule has 0 saturated heterocycles. The Kier molecular flexibility index (Phi) is 3.71. The zero-order chi connectivity index (χ0) is 12.3. The normalized spacial score (nSPS) is 10.5. The first-order valence-corrected chi connectivity index (χ1v) is 5.72. The lowest BCUT2D eigenvalue weighted by molar-refractivity contribution is 0.270. The second-order valence-corrected chi connectivity index (χ2v) is 4.23. The van der Waals surface area contributed by atoms with Crippen LogP contribution in [0, 0.1) is 6.92 Å². The molecule has 0 spiro atoms. The summed E-state index contributed by atoms with van der Waals surface area (Å²) >= 11 is 5.93. The molecule has 2 N–H and O–H groups in total. The summed E-state index contributed by atoms with van der Waals surface area (Å²) in [5.74, 6) is 1.54. The maximum absolute atomic E-state index is 5.93. The van der Waals surface area contributed by atoms with Gasteiger partial charge in [0.25, 0.3) is 0 Å². The van der Waals surface area contributed by atoms with Crippen LogP contribution in [0.5, 0.6) is 5.75 Å². The average molecular weight is 252 g/mol. The average Bonchev–Trinajstić information content (AvgIpc) is 2.79. The molecular formula is C13H14ClNO2. The van der Waals surface area contributed by atoms with Crippen molar-refractivity contribution in [2.24, 2.45) is 5.73 Å². The first-order chi connectivity index (χ1) is 8.19. The standard InChI is InChI=1S/C13H14ClNO2/c1-9-4-11(2-3-13(9)14)17-8-12-5-10(6-15)7-16-12/h2-5,7H,6,8,15H2,1H3. The van der Waals surface area contributed by atoms with Crippen LogP contribution in [0.3, 0.4) is 0 Å². The SMILES string of the molecule is Cc1cc(OCc2cc(CN)co2)ccc1Cl. The van der Waals surface area contributed by atoms with E-state index in [1.165, 1.54) is 0 Å². The topological polar surface area (TPSA) is 48.4 Å². The molecule has 1 aromatic heterocycles. The van der Waals surface area contributed by atoms with Crippen LogP contribution in [-0.2, 0) is 13.2 Å². The molecule has 1 aromatic carbocycles. The van der Waals surface area contributed by atoms with Crippen LogP contribution in [0.4, 0.5) is 0 Å². The van der Waals surface area contributed by atoms with E-state index in [1.807, 2.05) is 31.2 Å². The van der Waals surface area contributed by atoms with Gasteiger partial charge in [-0.3, -0.25) is 0 Å².